The van der Waals surface area contributed by atoms with Gasteiger partial charge in [-0.1, -0.05) is 11.8 Å². The molecular weight excluding hydrogens is 194 g/mol. The number of rotatable bonds is 1. The van der Waals surface area contributed by atoms with Gasteiger partial charge in [-0.3, -0.25) is 4.68 Å². The highest BCUT2D eigenvalue weighted by Gasteiger charge is 2.15. The Kier molecular flexibility index (Phi) is 3.48. The van der Waals surface area contributed by atoms with Crippen LogP contribution in [0.4, 0.5) is 0 Å². The van der Waals surface area contributed by atoms with Gasteiger partial charge >= 0.3 is 5.97 Å². The Morgan fingerprint density at radius 2 is 2.47 bits per heavy atom. The van der Waals surface area contributed by atoms with E-state index < -0.39 is 5.97 Å². The molecule has 0 amide bonds. The molecule has 0 bridgehead atoms. The number of aromatic nitrogens is 2. The molecule has 0 fully saturated rings. The van der Waals surface area contributed by atoms with Crippen molar-refractivity contribution < 1.29 is 9.53 Å². The average molecular weight is 203 g/mol. The molecule has 0 saturated heterocycles. The Balaban J connectivity index is 3.06. The SMILES string of the molecule is COC(=O)c1c(C#CCC#N)cnn1C. The van der Waals surface area contributed by atoms with Crippen LogP contribution in [0.3, 0.4) is 0 Å². The topological polar surface area (TPSA) is 67.9 Å². The highest BCUT2D eigenvalue weighted by atomic mass is 16.5. The fraction of sp³-hybridized carbons (Fsp3) is 0.300. The number of aryl methyl sites for hydroxylation is 1. The average Bonchev–Trinajstić information content (AvgIpc) is 2.59. The van der Waals surface area contributed by atoms with Gasteiger partial charge in [-0.05, 0) is 0 Å². The molecular formula is C10H9N3O2. The zero-order valence-electron chi connectivity index (χ0n) is 8.44. The third-order valence-electron chi connectivity index (χ3n) is 1.71. The van der Waals surface area contributed by atoms with Gasteiger partial charge in [0.25, 0.3) is 0 Å². The van der Waals surface area contributed by atoms with E-state index in [4.69, 9.17) is 5.26 Å². The highest BCUT2D eigenvalue weighted by Crippen LogP contribution is 2.07. The minimum Gasteiger partial charge on any atom is -0.464 e. The Morgan fingerprint density at radius 1 is 1.73 bits per heavy atom. The van der Waals surface area contributed by atoms with Crippen molar-refractivity contribution in [1.82, 2.24) is 9.78 Å². The first-order chi connectivity index (χ1) is 7.20. The van der Waals surface area contributed by atoms with Crippen molar-refractivity contribution in [2.75, 3.05) is 7.11 Å². The summed E-state index contributed by atoms with van der Waals surface area (Å²) >= 11 is 0. The number of nitriles is 1. The zero-order chi connectivity index (χ0) is 11.3. The summed E-state index contributed by atoms with van der Waals surface area (Å²) in [6.07, 6.45) is 1.59. The van der Waals surface area contributed by atoms with Gasteiger partial charge in [-0.2, -0.15) is 10.4 Å². The lowest BCUT2D eigenvalue weighted by Crippen LogP contribution is -2.09. The first-order valence-corrected chi connectivity index (χ1v) is 4.16. The molecule has 1 rings (SSSR count). The minimum atomic E-state index is -0.490. The van der Waals surface area contributed by atoms with Crippen molar-refractivity contribution in [3.63, 3.8) is 0 Å². The number of esters is 1. The number of hydrogen-bond acceptors (Lipinski definition) is 4. The quantitative estimate of drug-likeness (QED) is 0.491. The van der Waals surface area contributed by atoms with Crippen molar-refractivity contribution in [2.45, 2.75) is 6.42 Å². The van der Waals surface area contributed by atoms with Crippen molar-refractivity contribution >= 4 is 5.97 Å². The fourth-order valence-corrected chi connectivity index (χ4v) is 1.05. The van der Waals surface area contributed by atoms with E-state index in [1.807, 2.05) is 6.07 Å². The van der Waals surface area contributed by atoms with Crippen LogP contribution in [-0.2, 0) is 11.8 Å². The van der Waals surface area contributed by atoms with Gasteiger partial charge in [0.05, 0.1) is 31.4 Å². The Labute approximate surface area is 87.3 Å². The molecule has 0 aromatic carbocycles. The maximum atomic E-state index is 11.3. The van der Waals surface area contributed by atoms with E-state index >= 15 is 0 Å². The van der Waals surface area contributed by atoms with Crippen LogP contribution in [0, 0.1) is 23.2 Å². The van der Waals surface area contributed by atoms with Crippen LogP contribution in [0.5, 0.6) is 0 Å². The Bertz CT molecular complexity index is 471. The lowest BCUT2D eigenvalue weighted by Gasteiger charge is -1.99. The van der Waals surface area contributed by atoms with E-state index in [2.05, 4.69) is 21.7 Å². The monoisotopic (exact) mass is 203 g/mol. The van der Waals surface area contributed by atoms with Crippen molar-refractivity contribution in [1.29, 1.82) is 5.26 Å². The lowest BCUT2D eigenvalue weighted by molar-refractivity contribution is 0.0588. The molecule has 0 unspecified atom stereocenters. The molecule has 5 nitrogen and oxygen atoms in total. The summed E-state index contributed by atoms with van der Waals surface area (Å²) in [7, 11) is 2.92. The predicted octanol–water partition coefficient (Wildman–Crippen LogP) is 0.472. The highest BCUT2D eigenvalue weighted by molar-refractivity contribution is 5.90. The Hall–Kier alpha value is -2.27. The summed E-state index contributed by atoms with van der Waals surface area (Å²) in [4.78, 5) is 11.3. The van der Waals surface area contributed by atoms with Gasteiger partial charge in [-0.25, -0.2) is 4.79 Å². The molecule has 1 heterocycles. The first kappa shape index (κ1) is 10.8. The van der Waals surface area contributed by atoms with Crippen LogP contribution in [0.1, 0.15) is 22.5 Å². The molecule has 1 aromatic heterocycles. The summed E-state index contributed by atoms with van der Waals surface area (Å²) in [5, 5.41) is 12.2. The normalized spacial score (nSPS) is 8.60. The molecule has 15 heavy (non-hydrogen) atoms. The summed E-state index contributed by atoms with van der Waals surface area (Å²) in [6, 6.07) is 1.89. The Morgan fingerprint density at radius 3 is 3.07 bits per heavy atom. The van der Waals surface area contributed by atoms with E-state index in [0.29, 0.717) is 11.3 Å². The molecule has 0 spiro atoms. The lowest BCUT2D eigenvalue weighted by atomic mass is 10.2. The minimum absolute atomic E-state index is 0.121. The third kappa shape index (κ3) is 2.35. The molecule has 0 aliphatic carbocycles. The molecule has 0 N–H and O–H groups in total. The number of methoxy groups -OCH3 is 1. The maximum Gasteiger partial charge on any atom is 0.357 e. The fourth-order valence-electron chi connectivity index (χ4n) is 1.05. The second-order valence-corrected chi connectivity index (χ2v) is 2.66. The molecule has 0 atom stereocenters. The molecule has 0 aliphatic heterocycles. The second-order valence-electron chi connectivity index (χ2n) is 2.66. The van der Waals surface area contributed by atoms with Gasteiger partial charge < -0.3 is 4.74 Å². The molecule has 1 aromatic rings. The molecule has 5 heteroatoms. The van der Waals surface area contributed by atoms with Crippen LogP contribution in [0.25, 0.3) is 0 Å². The summed E-state index contributed by atoms with van der Waals surface area (Å²) in [5.74, 6) is 4.82. The van der Waals surface area contributed by atoms with Gasteiger partial charge in [0.15, 0.2) is 5.69 Å². The zero-order valence-corrected chi connectivity index (χ0v) is 8.44. The predicted molar refractivity (Wildman–Crippen MR) is 51.7 cm³/mol. The van der Waals surface area contributed by atoms with Crippen molar-refractivity contribution in [3.05, 3.63) is 17.5 Å². The largest absolute Gasteiger partial charge is 0.464 e. The number of hydrogen-bond donors (Lipinski definition) is 0. The first-order valence-electron chi connectivity index (χ1n) is 4.16. The van der Waals surface area contributed by atoms with E-state index in [-0.39, 0.29) is 6.42 Å². The molecule has 0 aliphatic rings. The molecule has 0 saturated carbocycles. The van der Waals surface area contributed by atoms with Crippen molar-refractivity contribution in [2.24, 2.45) is 7.05 Å². The standard InChI is InChI=1S/C10H9N3O2/c1-13-9(10(14)15-2)8(7-12-13)5-3-4-6-11/h7H,4H2,1-2H3. The number of nitrogens with zero attached hydrogens (tertiary/aromatic N) is 3. The van der Waals surface area contributed by atoms with Crippen LogP contribution in [0.15, 0.2) is 6.20 Å². The van der Waals surface area contributed by atoms with Gasteiger partial charge in [0.2, 0.25) is 0 Å². The van der Waals surface area contributed by atoms with E-state index in [1.165, 1.54) is 18.0 Å². The smallest absolute Gasteiger partial charge is 0.357 e. The molecule has 0 radical (unpaired) electrons. The van der Waals surface area contributed by atoms with E-state index in [0.717, 1.165) is 0 Å². The van der Waals surface area contributed by atoms with Crippen molar-refractivity contribution in [3.8, 4) is 17.9 Å². The van der Waals surface area contributed by atoms with Gasteiger partial charge in [-0.15, -0.1) is 0 Å². The summed E-state index contributed by atoms with van der Waals surface area (Å²) in [5.41, 5.74) is 0.766. The third-order valence-corrected chi connectivity index (χ3v) is 1.71. The van der Waals surface area contributed by atoms with Crippen LogP contribution >= 0.6 is 0 Å². The summed E-state index contributed by atoms with van der Waals surface area (Å²) in [6.45, 7) is 0. The van der Waals surface area contributed by atoms with Crippen LogP contribution in [-0.4, -0.2) is 22.9 Å². The summed E-state index contributed by atoms with van der Waals surface area (Å²) < 4.78 is 5.98. The maximum absolute atomic E-state index is 11.3. The van der Waals surface area contributed by atoms with E-state index in [1.54, 1.807) is 7.05 Å². The number of carbonyl (C=O) groups is 1. The number of ether oxygens (including phenoxy) is 1. The van der Waals surface area contributed by atoms with Gasteiger partial charge in [0.1, 0.15) is 0 Å². The van der Waals surface area contributed by atoms with Gasteiger partial charge in [0, 0.05) is 7.05 Å². The number of carbonyl (C=O) groups excluding carboxylic acids is 1. The second kappa shape index (κ2) is 4.83. The van der Waals surface area contributed by atoms with E-state index in [9.17, 15) is 4.79 Å². The van der Waals surface area contributed by atoms with Crippen LogP contribution < -0.4 is 0 Å². The van der Waals surface area contributed by atoms with Crippen LogP contribution in [0.2, 0.25) is 0 Å². The molecule has 76 valence electrons.